The molecule has 1 aliphatic rings. The van der Waals surface area contributed by atoms with Crippen molar-refractivity contribution in [2.45, 2.75) is 51.5 Å². The number of rotatable bonds is 7. The summed E-state index contributed by atoms with van der Waals surface area (Å²) in [4.78, 5) is 45.5. The average molecular weight is 299 g/mol. The fourth-order valence-electron chi connectivity index (χ4n) is 2.42. The van der Waals surface area contributed by atoms with Gasteiger partial charge < -0.3 is 15.2 Å². The van der Waals surface area contributed by atoms with Crippen LogP contribution in [-0.2, 0) is 23.9 Å². The smallest absolute Gasteiger partial charge is 0.326 e. The Balaban J connectivity index is 2.50. The van der Waals surface area contributed by atoms with E-state index in [9.17, 15) is 24.3 Å². The maximum Gasteiger partial charge on any atom is 0.326 e. The number of carbonyl (C=O) groups is 4. The molecule has 21 heavy (non-hydrogen) atoms. The minimum Gasteiger partial charge on any atom is -0.480 e. The number of carbonyl (C=O) groups excluding carboxylic acids is 3. The standard InChI is InChI=1S/C14H21NO6/c1-2-21-12(18)7-6-11(17)15-13(14(19)20)9-4-3-5-10(16)8-9/h9,13H,2-8H2,1H3,(H,15,17)(H,19,20)/t9-,13-/m1/s1. The molecular formula is C14H21NO6. The Hall–Kier alpha value is -1.92. The Labute approximate surface area is 123 Å². The van der Waals surface area contributed by atoms with Crippen LogP contribution in [0.5, 0.6) is 0 Å². The summed E-state index contributed by atoms with van der Waals surface area (Å²) in [6.07, 6.45) is 1.68. The van der Waals surface area contributed by atoms with Crippen molar-refractivity contribution >= 4 is 23.6 Å². The fourth-order valence-corrected chi connectivity index (χ4v) is 2.42. The van der Waals surface area contributed by atoms with Crippen LogP contribution in [0.4, 0.5) is 0 Å². The second-order valence-electron chi connectivity index (χ2n) is 5.08. The molecule has 0 aromatic rings. The van der Waals surface area contributed by atoms with E-state index in [1.165, 1.54) is 0 Å². The third-order valence-electron chi connectivity index (χ3n) is 3.44. The number of aliphatic carboxylic acids is 1. The first-order valence-corrected chi connectivity index (χ1v) is 7.13. The summed E-state index contributed by atoms with van der Waals surface area (Å²) in [5, 5.41) is 11.6. The molecule has 7 heteroatoms. The highest BCUT2D eigenvalue weighted by Gasteiger charge is 2.33. The van der Waals surface area contributed by atoms with Gasteiger partial charge in [-0.1, -0.05) is 0 Å². The van der Waals surface area contributed by atoms with E-state index in [0.717, 1.165) is 0 Å². The number of amides is 1. The van der Waals surface area contributed by atoms with E-state index in [1.807, 2.05) is 0 Å². The second kappa shape index (κ2) is 8.39. The summed E-state index contributed by atoms with van der Waals surface area (Å²) in [5.74, 6) is -2.52. The van der Waals surface area contributed by atoms with E-state index in [2.05, 4.69) is 5.32 Å². The Kier molecular flexibility index (Phi) is 6.84. The largest absolute Gasteiger partial charge is 0.480 e. The number of carboxylic acids is 1. The molecule has 0 spiro atoms. The molecule has 0 radical (unpaired) electrons. The number of carboxylic acid groups (broad SMARTS) is 1. The van der Waals surface area contributed by atoms with E-state index < -0.39 is 23.9 Å². The minimum absolute atomic E-state index is 0.0262. The van der Waals surface area contributed by atoms with E-state index in [4.69, 9.17) is 4.74 Å². The molecule has 0 aromatic heterocycles. The molecule has 1 fully saturated rings. The quantitative estimate of drug-likeness (QED) is 0.668. The Morgan fingerprint density at radius 2 is 2.10 bits per heavy atom. The van der Waals surface area contributed by atoms with Gasteiger partial charge in [0.1, 0.15) is 11.8 Å². The third kappa shape index (κ3) is 5.93. The highest BCUT2D eigenvalue weighted by atomic mass is 16.5. The molecular weight excluding hydrogens is 278 g/mol. The van der Waals surface area contributed by atoms with Gasteiger partial charge in [0.15, 0.2) is 0 Å². The first-order chi connectivity index (χ1) is 9.93. The summed E-state index contributed by atoms with van der Waals surface area (Å²) in [6.45, 7) is 1.90. The summed E-state index contributed by atoms with van der Waals surface area (Å²) in [7, 11) is 0. The van der Waals surface area contributed by atoms with E-state index in [1.54, 1.807) is 6.92 Å². The molecule has 0 aromatic carbocycles. The zero-order valence-corrected chi connectivity index (χ0v) is 12.1. The lowest BCUT2D eigenvalue weighted by atomic mass is 9.83. The number of esters is 1. The van der Waals surface area contributed by atoms with Crippen LogP contribution in [0, 0.1) is 5.92 Å². The molecule has 1 saturated carbocycles. The Morgan fingerprint density at radius 1 is 1.38 bits per heavy atom. The molecule has 0 saturated heterocycles. The molecule has 2 N–H and O–H groups in total. The summed E-state index contributed by atoms with van der Waals surface area (Å²) >= 11 is 0. The first kappa shape index (κ1) is 17.1. The first-order valence-electron chi connectivity index (χ1n) is 7.13. The number of nitrogens with one attached hydrogen (secondary N) is 1. The van der Waals surface area contributed by atoms with Gasteiger partial charge >= 0.3 is 11.9 Å². The van der Waals surface area contributed by atoms with Crippen molar-refractivity contribution in [3.8, 4) is 0 Å². The zero-order valence-electron chi connectivity index (χ0n) is 12.1. The van der Waals surface area contributed by atoms with E-state index >= 15 is 0 Å². The number of ether oxygens (including phenoxy) is 1. The Bertz CT molecular complexity index is 420. The van der Waals surface area contributed by atoms with Crippen molar-refractivity contribution in [2.75, 3.05) is 6.61 Å². The van der Waals surface area contributed by atoms with Crippen LogP contribution < -0.4 is 5.32 Å². The molecule has 0 unspecified atom stereocenters. The van der Waals surface area contributed by atoms with Crippen molar-refractivity contribution in [1.29, 1.82) is 0 Å². The minimum atomic E-state index is -1.15. The molecule has 2 atom stereocenters. The Morgan fingerprint density at radius 3 is 2.67 bits per heavy atom. The molecule has 1 amide bonds. The second-order valence-corrected chi connectivity index (χ2v) is 5.08. The predicted octanol–water partition coefficient (Wildman–Crippen LogP) is 0.658. The lowest BCUT2D eigenvalue weighted by Gasteiger charge is -2.27. The van der Waals surface area contributed by atoms with Gasteiger partial charge in [-0.05, 0) is 25.7 Å². The fraction of sp³-hybridized carbons (Fsp3) is 0.714. The van der Waals surface area contributed by atoms with Gasteiger partial charge in [0, 0.05) is 19.3 Å². The summed E-state index contributed by atoms with van der Waals surface area (Å²) in [6, 6.07) is -1.08. The maximum atomic E-state index is 11.7. The number of hydrogen-bond donors (Lipinski definition) is 2. The monoisotopic (exact) mass is 299 g/mol. The van der Waals surface area contributed by atoms with Gasteiger partial charge in [-0.2, -0.15) is 0 Å². The van der Waals surface area contributed by atoms with Gasteiger partial charge in [-0.15, -0.1) is 0 Å². The molecule has 0 aliphatic heterocycles. The van der Waals surface area contributed by atoms with Crippen LogP contribution in [0.3, 0.4) is 0 Å². The van der Waals surface area contributed by atoms with E-state index in [0.29, 0.717) is 19.3 Å². The van der Waals surface area contributed by atoms with Crippen LogP contribution in [0.25, 0.3) is 0 Å². The molecule has 7 nitrogen and oxygen atoms in total. The summed E-state index contributed by atoms with van der Waals surface area (Å²) in [5.41, 5.74) is 0. The maximum absolute atomic E-state index is 11.7. The lowest BCUT2D eigenvalue weighted by molar-refractivity contribution is -0.145. The normalized spacial score (nSPS) is 19.7. The van der Waals surface area contributed by atoms with Crippen LogP contribution in [0.15, 0.2) is 0 Å². The van der Waals surface area contributed by atoms with Crippen LogP contribution in [0.2, 0.25) is 0 Å². The van der Waals surface area contributed by atoms with Gasteiger partial charge in [-0.3, -0.25) is 14.4 Å². The van der Waals surface area contributed by atoms with Crippen molar-refractivity contribution in [1.82, 2.24) is 5.32 Å². The van der Waals surface area contributed by atoms with Gasteiger partial charge in [0.05, 0.1) is 13.0 Å². The van der Waals surface area contributed by atoms with Crippen molar-refractivity contribution in [3.05, 3.63) is 0 Å². The van der Waals surface area contributed by atoms with Crippen LogP contribution in [-0.4, -0.2) is 41.4 Å². The van der Waals surface area contributed by atoms with Crippen LogP contribution in [0.1, 0.15) is 45.4 Å². The number of ketones is 1. The molecule has 0 heterocycles. The zero-order chi connectivity index (χ0) is 15.8. The number of Topliss-reactive ketones (excluding diaryl/α,β-unsaturated/α-hetero) is 1. The number of hydrogen-bond acceptors (Lipinski definition) is 5. The molecule has 0 bridgehead atoms. The average Bonchev–Trinajstić information content (AvgIpc) is 2.42. The van der Waals surface area contributed by atoms with Crippen molar-refractivity contribution < 1.29 is 29.0 Å². The highest BCUT2D eigenvalue weighted by Crippen LogP contribution is 2.24. The van der Waals surface area contributed by atoms with Crippen LogP contribution >= 0.6 is 0 Å². The molecule has 1 aliphatic carbocycles. The van der Waals surface area contributed by atoms with E-state index in [-0.39, 0.29) is 37.6 Å². The van der Waals surface area contributed by atoms with Crippen molar-refractivity contribution in [2.24, 2.45) is 5.92 Å². The predicted molar refractivity (Wildman–Crippen MR) is 72.4 cm³/mol. The summed E-state index contributed by atoms with van der Waals surface area (Å²) < 4.78 is 4.70. The van der Waals surface area contributed by atoms with Gasteiger partial charge in [0.25, 0.3) is 0 Å². The molecule has 118 valence electrons. The third-order valence-corrected chi connectivity index (χ3v) is 3.44. The topological polar surface area (TPSA) is 110 Å². The SMILES string of the molecule is CCOC(=O)CCC(=O)N[C@@H](C(=O)O)[C@@H]1CCCC(=O)C1. The van der Waals surface area contributed by atoms with Gasteiger partial charge in [-0.25, -0.2) is 4.79 Å². The van der Waals surface area contributed by atoms with Gasteiger partial charge in [0.2, 0.25) is 5.91 Å². The van der Waals surface area contributed by atoms with Crippen molar-refractivity contribution in [3.63, 3.8) is 0 Å². The lowest BCUT2D eigenvalue weighted by Crippen LogP contribution is -2.47. The highest BCUT2D eigenvalue weighted by molar-refractivity contribution is 5.87. The molecule has 1 rings (SSSR count).